The molecule has 0 spiro atoms. The van der Waals surface area contributed by atoms with E-state index in [1.165, 1.54) is 12.1 Å². The van der Waals surface area contributed by atoms with Crippen LogP contribution in [0.3, 0.4) is 0 Å². The third kappa shape index (κ3) is 3.49. The number of nitrogens with one attached hydrogen (secondary N) is 1. The topological polar surface area (TPSA) is 42.0 Å². The van der Waals surface area contributed by atoms with Crippen molar-refractivity contribution in [3.05, 3.63) is 84.8 Å². The summed E-state index contributed by atoms with van der Waals surface area (Å²) >= 11 is 0. The number of anilines is 1. The third-order valence-electron chi connectivity index (χ3n) is 3.88. The maximum absolute atomic E-state index is 13.0. The summed E-state index contributed by atoms with van der Waals surface area (Å²) < 4.78 is 13.0. The Morgan fingerprint density at radius 2 is 1.92 bits per heavy atom. The summed E-state index contributed by atoms with van der Waals surface area (Å²) in [5.74, 6) is -0.859. The Kier molecular flexibility index (Phi) is 4.66. The minimum Gasteiger partial charge on any atom is -0.324 e. The van der Waals surface area contributed by atoms with Crippen LogP contribution in [0.15, 0.2) is 73.4 Å². The summed E-state index contributed by atoms with van der Waals surface area (Å²) in [4.78, 5) is 16.9. The third-order valence-corrected chi connectivity index (χ3v) is 3.88. The molecule has 1 N–H and O–H groups in total. The highest BCUT2D eigenvalue weighted by Gasteiger charge is 2.17. The molecule has 1 unspecified atom stereocenters. The molecule has 0 aliphatic rings. The molecule has 4 heteroatoms. The van der Waals surface area contributed by atoms with E-state index < -0.39 is 5.92 Å². The van der Waals surface area contributed by atoms with Gasteiger partial charge in [-0.1, -0.05) is 36.4 Å². The van der Waals surface area contributed by atoms with Gasteiger partial charge in [0.15, 0.2) is 0 Å². The number of nitrogens with zero attached hydrogens (tertiary/aromatic N) is 1. The first-order valence-electron chi connectivity index (χ1n) is 7.69. The molecule has 0 radical (unpaired) electrons. The lowest BCUT2D eigenvalue weighted by molar-refractivity contribution is -0.118. The zero-order valence-electron chi connectivity index (χ0n) is 13.1. The van der Waals surface area contributed by atoms with E-state index in [0.29, 0.717) is 12.1 Å². The molecule has 3 aromatic rings. The Balaban J connectivity index is 1.79. The average molecular weight is 320 g/mol. The number of aromatic nitrogens is 1. The fourth-order valence-corrected chi connectivity index (χ4v) is 2.59. The molecular weight excluding hydrogens is 303 g/mol. The van der Waals surface area contributed by atoms with Crippen LogP contribution < -0.4 is 5.32 Å². The number of carbonyl (C=O) groups is 1. The van der Waals surface area contributed by atoms with Crippen molar-refractivity contribution in [2.75, 3.05) is 5.32 Å². The van der Waals surface area contributed by atoms with Gasteiger partial charge in [-0.2, -0.15) is 0 Å². The number of amides is 1. The molecule has 0 fully saturated rings. The van der Waals surface area contributed by atoms with Crippen LogP contribution in [-0.4, -0.2) is 10.9 Å². The summed E-state index contributed by atoms with van der Waals surface area (Å²) in [6.45, 7) is 3.75. The van der Waals surface area contributed by atoms with Crippen LogP contribution in [0.5, 0.6) is 0 Å². The van der Waals surface area contributed by atoms with Gasteiger partial charge >= 0.3 is 0 Å². The first-order valence-corrected chi connectivity index (χ1v) is 7.69. The minimum absolute atomic E-state index is 0.160. The summed E-state index contributed by atoms with van der Waals surface area (Å²) in [5.41, 5.74) is 2.30. The summed E-state index contributed by atoms with van der Waals surface area (Å²) in [7, 11) is 0. The van der Waals surface area contributed by atoms with E-state index in [2.05, 4.69) is 16.9 Å². The van der Waals surface area contributed by atoms with Gasteiger partial charge in [0, 0.05) is 11.6 Å². The number of pyridine rings is 1. The second-order valence-corrected chi connectivity index (χ2v) is 5.54. The molecule has 3 nitrogen and oxygen atoms in total. The predicted molar refractivity (Wildman–Crippen MR) is 94.2 cm³/mol. The van der Waals surface area contributed by atoms with Gasteiger partial charge in [0.05, 0.1) is 17.1 Å². The van der Waals surface area contributed by atoms with Crippen LogP contribution in [-0.2, 0) is 11.2 Å². The van der Waals surface area contributed by atoms with E-state index >= 15 is 0 Å². The summed E-state index contributed by atoms with van der Waals surface area (Å²) in [5, 5.41) is 3.88. The monoisotopic (exact) mass is 320 g/mol. The Morgan fingerprint density at radius 3 is 2.67 bits per heavy atom. The Hall–Kier alpha value is -3.01. The molecule has 3 rings (SSSR count). The van der Waals surface area contributed by atoms with E-state index in [4.69, 9.17) is 0 Å². The van der Waals surface area contributed by atoms with Crippen molar-refractivity contribution in [3.63, 3.8) is 0 Å². The first kappa shape index (κ1) is 15.9. The molecule has 1 atom stereocenters. The van der Waals surface area contributed by atoms with Crippen LogP contribution >= 0.6 is 0 Å². The van der Waals surface area contributed by atoms with Crippen LogP contribution in [0.2, 0.25) is 0 Å². The number of fused-ring (bicyclic) bond motifs is 1. The lowest BCUT2D eigenvalue weighted by atomic mass is 9.98. The highest BCUT2D eigenvalue weighted by atomic mass is 19.1. The Bertz CT molecular complexity index is 869. The van der Waals surface area contributed by atoms with E-state index in [-0.39, 0.29) is 11.7 Å². The van der Waals surface area contributed by atoms with Crippen molar-refractivity contribution in [2.24, 2.45) is 5.92 Å². The van der Waals surface area contributed by atoms with Crippen molar-refractivity contribution in [1.82, 2.24) is 4.98 Å². The standard InChI is InChI=1S/C20H17FN2O/c1-2-15(13-14-8-10-17(21)11-9-14)20(24)23-18-7-3-5-16-6-4-12-22-19(16)18/h2-12,15H,1,13H2,(H,23,24). The fourth-order valence-electron chi connectivity index (χ4n) is 2.59. The largest absolute Gasteiger partial charge is 0.324 e. The van der Waals surface area contributed by atoms with Crippen LogP contribution in [0.1, 0.15) is 5.56 Å². The fraction of sp³-hybridized carbons (Fsp3) is 0.100. The molecule has 1 heterocycles. The van der Waals surface area contributed by atoms with E-state index in [0.717, 1.165) is 16.5 Å². The Morgan fingerprint density at radius 1 is 1.17 bits per heavy atom. The highest BCUT2D eigenvalue weighted by molar-refractivity contribution is 6.01. The second-order valence-electron chi connectivity index (χ2n) is 5.54. The quantitative estimate of drug-likeness (QED) is 0.710. The van der Waals surface area contributed by atoms with Crippen molar-refractivity contribution >= 4 is 22.5 Å². The normalized spacial score (nSPS) is 11.9. The molecule has 0 saturated carbocycles. The molecule has 120 valence electrons. The van der Waals surface area contributed by atoms with Crippen LogP contribution in [0, 0.1) is 11.7 Å². The number of carbonyl (C=O) groups excluding carboxylic acids is 1. The number of hydrogen-bond acceptors (Lipinski definition) is 2. The zero-order valence-corrected chi connectivity index (χ0v) is 13.1. The van der Waals surface area contributed by atoms with Gasteiger partial charge in [-0.05, 0) is 36.2 Å². The van der Waals surface area contributed by atoms with Gasteiger partial charge in [0.2, 0.25) is 5.91 Å². The van der Waals surface area contributed by atoms with Gasteiger partial charge in [0.1, 0.15) is 5.82 Å². The van der Waals surface area contributed by atoms with Gasteiger partial charge < -0.3 is 5.32 Å². The molecule has 1 amide bonds. The van der Waals surface area contributed by atoms with Gasteiger partial charge in [-0.25, -0.2) is 4.39 Å². The molecular formula is C20H17FN2O. The number of para-hydroxylation sites is 1. The number of halogens is 1. The van der Waals surface area contributed by atoms with Gasteiger partial charge in [-0.15, -0.1) is 6.58 Å². The van der Waals surface area contributed by atoms with Crippen LogP contribution in [0.25, 0.3) is 10.9 Å². The smallest absolute Gasteiger partial charge is 0.231 e. The highest BCUT2D eigenvalue weighted by Crippen LogP contribution is 2.22. The molecule has 0 aliphatic carbocycles. The Labute approximate surface area is 139 Å². The average Bonchev–Trinajstić information content (AvgIpc) is 2.61. The first-order chi connectivity index (χ1) is 11.7. The van der Waals surface area contributed by atoms with Gasteiger partial charge in [0.25, 0.3) is 0 Å². The lowest BCUT2D eigenvalue weighted by Crippen LogP contribution is -2.23. The molecule has 0 bridgehead atoms. The van der Waals surface area contributed by atoms with Crippen molar-refractivity contribution in [2.45, 2.75) is 6.42 Å². The predicted octanol–water partition coefficient (Wildman–Crippen LogP) is 4.36. The second kappa shape index (κ2) is 7.04. The van der Waals surface area contributed by atoms with E-state index in [1.54, 1.807) is 24.4 Å². The van der Waals surface area contributed by atoms with Crippen molar-refractivity contribution in [3.8, 4) is 0 Å². The molecule has 1 aromatic heterocycles. The molecule has 24 heavy (non-hydrogen) atoms. The summed E-state index contributed by atoms with van der Waals surface area (Å²) in [6, 6.07) is 15.6. The molecule has 0 aliphatic heterocycles. The SMILES string of the molecule is C=CC(Cc1ccc(F)cc1)C(=O)Nc1cccc2cccnc12. The number of hydrogen-bond donors (Lipinski definition) is 1. The van der Waals surface area contributed by atoms with E-state index in [1.807, 2.05) is 30.3 Å². The van der Waals surface area contributed by atoms with E-state index in [9.17, 15) is 9.18 Å². The minimum atomic E-state index is -0.408. The maximum atomic E-state index is 13.0. The molecule has 0 saturated heterocycles. The van der Waals surface area contributed by atoms with Crippen LogP contribution in [0.4, 0.5) is 10.1 Å². The van der Waals surface area contributed by atoms with Crippen molar-refractivity contribution < 1.29 is 9.18 Å². The maximum Gasteiger partial charge on any atom is 0.231 e. The number of rotatable bonds is 5. The summed E-state index contributed by atoms with van der Waals surface area (Å²) in [6.07, 6.45) is 3.77. The lowest BCUT2D eigenvalue weighted by Gasteiger charge is -2.14. The zero-order chi connectivity index (χ0) is 16.9. The van der Waals surface area contributed by atoms with Crippen molar-refractivity contribution in [1.29, 1.82) is 0 Å². The van der Waals surface area contributed by atoms with Gasteiger partial charge in [-0.3, -0.25) is 9.78 Å². The number of benzene rings is 2. The molecule has 2 aromatic carbocycles.